The molecule has 3 rings (SSSR count). The van der Waals surface area contributed by atoms with Crippen LogP contribution in [0.15, 0.2) is 42.5 Å². The highest BCUT2D eigenvalue weighted by Gasteiger charge is 2.38. The summed E-state index contributed by atoms with van der Waals surface area (Å²) in [6, 6.07) is 16.3. The maximum atomic E-state index is 9.85. The summed E-state index contributed by atoms with van der Waals surface area (Å²) in [4.78, 5) is 0. The second kappa shape index (κ2) is 5.42. The molecule has 1 aliphatic heterocycles. The Hall–Kier alpha value is -1.98. The maximum Gasteiger partial charge on any atom is 0.124 e. The number of rotatable bonds is 2. The summed E-state index contributed by atoms with van der Waals surface area (Å²) in [5.74, 6) is 0.813. The quantitative estimate of drug-likeness (QED) is 0.821. The molecule has 2 aromatic carbocycles. The Kier molecular flexibility index (Phi) is 3.61. The number of ether oxygens (including phenoxy) is 1. The van der Waals surface area contributed by atoms with Crippen LogP contribution in [0.2, 0.25) is 5.02 Å². The molecule has 0 radical (unpaired) electrons. The van der Waals surface area contributed by atoms with Crippen LogP contribution in [0.5, 0.6) is 5.75 Å². The first-order chi connectivity index (χ1) is 10.1. The van der Waals surface area contributed by atoms with Crippen molar-refractivity contribution in [2.45, 2.75) is 25.2 Å². The molecule has 1 atom stereocenters. The van der Waals surface area contributed by atoms with Gasteiger partial charge in [0.1, 0.15) is 5.75 Å². The lowest BCUT2D eigenvalue weighted by Crippen LogP contribution is -2.33. The summed E-state index contributed by atoms with van der Waals surface area (Å²) in [6.07, 6.45) is 1.30. The van der Waals surface area contributed by atoms with Gasteiger partial charge in [-0.2, -0.15) is 5.26 Å². The van der Waals surface area contributed by atoms with E-state index in [9.17, 15) is 5.26 Å². The Balaban J connectivity index is 2.05. The van der Waals surface area contributed by atoms with Crippen LogP contribution in [0.1, 0.15) is 23.1 Å². The fourth-order valence-electron chi connectivity index (χ4n) is 2.92. The van der Waals surface area contributed by atoms with Gasteiger partial charge in [0.2, 0.25) is 0 Å². The highest BCUT2D eigenvalue weighted by molar-refractivity contribution is 6.31. The van der Waals surface area contributed by atoms with Gasteiger partial charge in [-0.3, -0.25) is 0 Å². The number of nitrogens with zero attached hydrogens (tertiary/aromatic N) is 1. The first kappa shape index (κ1) is 14.0. The Morgan fingerprint density at radius 2 is 2.10 bits per heavy atom. The average Bonchev–Trinajstić information content (AvgIpc) is 2.50. The van der Waals surface area contributed by atoms with E-state index in [1.54, 1.807) is 0 Å². The van der Waals surface area contributed by atoms with Crippen molar-refractivity contribution in [3.63, 3.8) is 0 Å². The van der Waals surface area contributed by atoms with E-state index < -0.39 is 5.41 Å². The Morgan fingerprint density at radius 3 is 2.86 bits per heavy atom. The summed E-state index contributed by atoms with van der Waals surface area (Å²) in [5, 5.41) is 10.6. The first-order valence-corrected chi connectivity index (χ1v) is 7.41. The van der Waals surface area contributed by atoms with Crippen LogP contribution in [-0.4, -0.2) is 6.61 Å². The van der Waals surface area contributed by atoms with Crippen LogP contribution in [0.3, 0.4) is 0 Å². The number of hydrogen-bond acceptors (Lipinski definition) is 2. The van der Waals surface area contributed by atoms with Gasteiger partial charge in [-0.25, -0.2) is 0 Å². The minimum atomic E-state index is -0.562. The Labute approximate surface area is 129 Å². The summed E-state index contributed by atoms with van der Waals surface area (Å²) >= 11 is 6.35. The highest BCUT2D eigenvalue weighted by atomic mass is 35.5. The molecular formula is C18H16ClNO. The number of nitriles is 1. The van der Waals surface area contributed by atoms with Gasteiger partial charge in [0.05, 0.1) is 18.1 Å². The molecule has 0 saturated heterocycles. The van der Waals surface area contributed by atoms with Crippen LogP contribution in [0, 0.1) is 18.3 Å². The fourth-order valence-corrected chi connectivity index (χ4v) is 3.22. The number of aryl methyl sites for hydroxylation is 1. The molecule has 1 unspecified atom stereocenters. The molecular weight excluding hydrogens is 282 g/mol. The van der Waals surface area contributed by atoms with Crippen molar-refractivity contribution in [2.75, 3.05) is 6.61 Å². The van der Waals surface area contributed by atoms with E-state index in [1.807, 2.05) is 49.4 Å². The van der Waals surface area contributed by atoms with E-state index in [-0.39, 0.29) is 0 Å². The number of hydrogen-bond donors (Lipinski definition) is 0. The Morgan fingerprint density at radius 1 is 1.29 bits per heavy atom. The van der Waals surface area contributed by atoms with Gasteiger partial charge in [0.15, 0.2) is 0 Å². The fraction of sp³-hybridized carbons (Fsp3) is 0.278. The standard InChI is InChI=1S/C18H16ClNO/c1-13-6-7-14(16(19)10-13)11-18(12-20)8-9-21-17-5-3-2-4-15(17)18/h2-7,10H,8-9,11H2,1H3. The van der Waals surface area contributed by atoms with E-state index >= 15 is 0 Å². The molecule has 0 fully saturated rings. The molecule has 106 valence electrons. The summed E-state index contributed by atoms with van der Waals surface area (Å²) in [6.45, 7) is 2.58. The zero-order chi connectivity index (χ0) is 14.9. The van der Waals surface area contributed by atoms with E-state index in [0.717, 1.165) is 27.5 Å². The van der Waals surface area contributed by atoms with E-state index in [0.29, 0.717) is 19.4 Å². The van der Waals surface area contributed by atoms with Crippen LogP contribution < -0.4 is 4.74 Å². The number of fused-ring (bicyclic) bond motifs is 1. The lowest BCUT2D eigenvalue weighted by molar-refractivity contribution is 0.241. The van der Waals surface area contributed by atoms with E-state index in [4.69, 9.17) is 16.3 Å². The monoisotopic (exact) mass is 297 g/mol. The second-order valence-corrected chi connectivity index (χ2v) is 5.97. The van der Waals surface area contributed by atoms with Gasteiger partial charge in [0, 0.05) is 17.0 Å². The highest BCUT2D eigenvalue weighted by Crippen LogP contribution is 2.41. The molecule has 1 aliphatic rings. The van der Waals surface area contributed by atoms with Gasteiger partial charge >= 0.3 is 0 Å². The van der Waals surface area contributed by atoms with Crippen molar-refractivity contribution >= 4 is 11.6 Å². The largest absolute Gasteiger partial charge is 0.493 e. The first-order valence-electron chi connectivity index (χ1n) is 7.03. The zero-order valence-corrected chi connectivity index (χ0v) is 12.7. The van der Waals surface area contributed by atoms with Crippen LogP contribution >= 0.6 is 11.6 Å². The van der Waals surface area contributed by atoms with Gasteiger partial charge in [-0.1, -0.05) is 41.9 Å². The molecule has 2 aromatic rings. The van der Waals surface area contributed by atoms with Crippen LogP contribution in [0.4, 0.5) is 0 Å². The van der Waals surface area contributed by atoms with Gasteiger partial charge < -0.3 is 4.74 Å². The van der Waals surface area contributed by atoms with Gasteiger partial charge in [-0.15, -0.1) is 0 Å². The minimum absolute atomic E-state index is 0.562. The smallest absolute Gasteiger partial charge is 0.124 e. The number of para-hydroxylation sites is 1. The molecule has 0 spiro atoms. The van der Waals surface area contributed by atoms with E-state index in [2.05, 4.69) is 6.07 Å². The maximum absolute atomic E-state index is 9.85. The van der Waals surface area contributed by atoms with Crippen LogP contribution in [0.25, 0.3) is 0 Å². The SMILES string of the molecule is Cc1ccc(CC2(C#N)CCOc3ccccc32)c(Cl)c1. The van der Waals surface area contributed by atoms with Crippen molar-refractivity contribution in [3.05, 3.63) is 64.2 Å². The second-order valence-electron chi connectivity index (χ2n) is 5.56. The van der Waals surface area contributed by atoms with Gasteiger partial charge in [-0.05, 0) is 36.6 Å². The molecule has 0 aromatic heterocycles. The third-order valence-corrected chi connectivity index (χ3v) is 4.46. The van der Waals surface area contributed by atoms with Gasteiger partial charge in [0.25, 0.3) is 0 Å². The molecule has 2 nitrogen and oxygen atoms in total. The number of benzene rings is 2. The Bertz CT molecular complexity index is 719. The normalized spacial score (nSPS) is 20.2. The van der Waals surface area contributed by atoms with Crippen molar-refractivity contribution in [2.24, 2.45) is 0 Å². The molecule has 0 N–H and O–H groups in total. The van der Waals surface area contributed by atoms with E-state index in [1.165, 1.54) is 0 Å². The van der Waals surface area contributed by atoms with Crippen molar-refractivity contribution in [3.8, 4) is 11.8 Å². The molecule has 21 heavy (non-hydrogen) atoms. The number of halogens is 1. The molecule has 0 amide bonds. The van der Waals surface area contributed by atoms with Crippen LogP contribution in [-0.2, 0) is 11.8 Å². The molecule has 1 heterocycles. The molecule has 0 bridgehead atoms. The predicted molar refractivity (Wildman–Crippen MR) is 83.7 cm³/mol. The predicted octanol–water partition coefficient (Wildman–Crippen LogP) is 4.44. The molecule has 0 saturated carbocycles. The van der Waals surface area contributed by atoms with Crippen molar-refractivity contribution in [1.82, 2.24) is 0 Å². The lowest BCUT2D eigenvalue weighted by Gasteiger charge is -2.33. The zero-order valence-electron chi connectivity index (χ0n) is 11.9. The summed E-state index contributed by atoms with van der Waals surface area (Å²) < 4.78 is 5.68. The summed E-state index contributed by atoms with van der Waals surface area (Å²) in [7, 11) is 0. The topological polar surface area (TPSA) is 33.0 Å². The molecule has 3 heteroatoms. The third-order valence-electron chi connectivity index (χ3n) is 4.10. The third kappa shape index (κ3) is 2.50. The lowest BCUT2D eigenvalue weighted by atomic mass is 9.73. The van der Waals surface area contributed by atoms with Crippen molar-refractivity contribution < 1.29 is 4.74 Å². The minimum Gasteiger partial charge on any atom is -0.493 e. The molecule has 0 aliphatic carbocycles. The van der Waals surface area contributed by atoms with Crippen molar-refractivity contribution in [1.29, 1.82) is 5.26 Å². The average molecular weight is 298 g/mol. The summed E-state index contributed by atoms with van der Waals surface area (Å²) in [5.41, 5.74) is 2.55.